The maximum Gasteiger partial charge on any atom is 0.324 e. The summed E-state index contributed by atoms with van der Waals surface area (Å²) in [4.78, 5) is 31.9. The lowest BCUT2D eigenvalue weighted by atomic mass is 10.1. The molecule has 0 aliphatic carbocycles. The number of nitrogens with one attached hydrogen (secondary N) is 1. The number of rotatable bonds is 5. The van der Waals surface area contributed by atoms with Crippen LogP contribution in [0.3, 0.4) is 0 Å². The van der Waals surface area contributed by atoms with Crippen molar-refractivity contribution in [3.05, 3.63) is 78.0 Å². The summed E-state index contributed by atoms with van der Waals surface area (Å²) >= 11 is 0. The van der Waals surface area contributed by atoms with Gasteiger partial charge in [-0.1, -0.05) is 30.3 Å². The minimum absolute atomic E-state index is 0.0335. The van der Waals surface area contributed by atoms with Crippen molar-refractivity contribution in [2.75, 3.05) is 18.0 Å². The van der Waals surface area contributed by atoms with Crippen LogP contribution >= 0.6 is 0 Å². The van der Waals surface area contributed by atoms with Gasteiger partial charge in [-0.2, -0.15) is 0 Å². The molecule has 3 amide bonds. The fourth-order valence-electron chi connectivity index (χ4n) is 3.44. The van der Waals surface area contributed by atoms with Gasteiger partial charge in [0.2, 0.25) is 0 Å². The normalized spacial score (nSPS) is 14.2. The molecule has 1 fully saturated rings. The van der Waals surface area contributed by atoms with Gasteiger partial charge in [-0.05, 0) is 41.5 Å². The fraction of sp³-hybridized carbons (Fsp3) is 0.136. The molecule has 1 saturated heterocycles. The molecule has 0 saturated carbocycles. The summed E-state index contributed by atoms with van der Waals surface area (Å²) in [5.41, 5.74) is 5.15. The molecule has 7 nitrogen and oxygen atoms in total. The topological polar surface area (TPSA) is 85.8 Å². The van der Waals surface area contributed by atoms with Crippen molar-refractivity contribution in [1.82, 2.24) is 15.4 Å². The van der Waals surface area contributed by atoms with Crippen molar-refractivity contribution in [1.29, 1.82) is 0 Å². The monoisotopic (exact) mass is 388 g/mol. The first-order valence-electron chi connectivity index (χ1n) is 9.27. The summed E-state index contributed by atoms with van der Waals surface area (Å²) in [6.07, 6.45) is 4.60. The van der Waals surface area contributed by atoms with E-state index in [0.717, 1.165) is 27.7 Å². The minimum atomic E-state index is -0.594. The molecule has 0 spiro atoms. The van der Waals surface area contributed by atoms with Gasteiger partial charge in [0, 0.05) is 43.0 Å². The molecule has 2 heterocycles. The number of fused-ring (bicyclic) bond motifs is 1. The molecule has 0 unspecified atom stereocenters. The summed E-state index contributed by atoms with van der Waals surface area (Å²) in [5, 5.41) is 9.58. The number of urea groups is 1. The number of anilines is 1. The average Bonchev–Trinajstić information content (AvgIpc) is 3.12. The van der Waals surface area contributed by atoms with Crippen LogP contribution in [-0.4, -0.2) is 40.1 Å². The van der Waals surface area contributed by atoms with Gasteiger partial charge in [0.1, 0.15) is 0 Å². The smallest absolute Gasteiger partial charge is 0.318 e. The number of hydrogen-bond acceptors (Lipinski definition) is 4. The zero-order valence-electron chi connectivity index (χ0n) is 15.7. The molecule has 146 valence electrons. The van der Waals surface area contributed by atoms with E-state index in [9.17, 15) is 9.59 Å². The molecule has 29 heavy (non-hydrogen) atoms. The molecular weight excluding hydrogens is 368 g/mol. The Kier molecular flexibility index (Phi) is 5.22. The molecule has 2 N–H and O–H groups in total. The minimum Gasteiger partial charge on any atom is -0.318 e. The number of carbonyl (C=O) groups is 2. The maximum absolute atomic E-state index is 12.9. The van der Waals surface area contributed by atoms with Crippen molar-refractivity contribution in [3.8, 4) is 0 Å². The molecule has 3 aromatic rings. The number of amides is 3. The summed E-state index contributed by atoms with van der Waals surface area (Å²) in [6, 6.07) is 17.2. The van der Waals surface area contributed by atoms with E-state index in [1.165, 1.54) is 6.08 Å². The second-order valence-corrected chi connectivity index (χ2v) is 6.74. The third kappa shape index (κ3) is 3.95. The Morgan fingerprint density at radius 1 is 1.10 bits per heavy atom. The highest BCUT2D eigenvalue weighted by Crippen LogP contribution is 2.24. The number of hydroxylamine groups is 1. The molecule has 7 heteroatoms. The Hall–Kier alpha value is -3.71. The van der Waals surface area contributed by atoms with Crippen LogP contribution in [0.25, 0.3) is 17.0 Å². The molecule has 0 radical (unpaired) electrons. The standard InChI is InChI=1S/C22H20N4O3/c27-21(24-29)10-7-16-5-8-18(9-6-16)26-14-13-25(22(26)28)15-17-11-12-23-20-4-2-1-3-19(17)20/h1-12,29H,13-15H2,(H,24,27)/b10-7+. The van der Waals surface area contributed by atoms with E-state index in [1.807, 2.05) is 59.5 Å². The van der Waals surface area contributed by atoms with E-state index in [2.05, 4.69) is 4.98 Å². The lowest BCUT2D eigenvalue weighted by Gasteiger charge is -2.19. The Balaban J connectivity index is 1.47. The van der Waals surface area contributed by atoms with E-state index in [-0.39, 0.29) is 6.03 Å². The summed E-state index contributed by atoms with van der Waals surface area (Å²) in [7, 11) is 0. The number of benzene rings is 2. The van der Waals surface area contributed by atoms with Gasteiger partial charge in [-0.25, -0.2) is 10.3 Å². The molecule has 4 rings (SSSR count). The van der Waals surface area contributed by atoms with Crippen molar-refractivity contribution in [2.24, 2.45) is 0 Å². The van der Waals surface area contributed by atoms with E-state index >= 15 is 0 Å². The first-order chi connectivity index (χ1) is 14.2. The van der Waals surface area contributed by atoms with Crippen LogP contribution < -0.4 is 10.4 Å². The number of pyridine rings is 1. The van der Waals surface area contributed by atoms with Crippen molar-refractivity contribution in [2.45, 2.75) is 6.54 Å². The Labute approximate surface area is 167 Å². The summed E-state index contributed by atoms with van der Waals surface area (Å²) in [6.45, 7) is 1.80. The molecular formula is C22H20N4O3. The van der Waals surface area contributed by atoms with E-state index in [4.69, 9.17) is 5.21 Å². The van der Waals surface area contributed by atoms with Crippen LogP contribution in [0.4, 0.5) is 10.5 Å². The van der Waals surface area contributed by atoms with E-state index in [1.54, 1.807) is 22.7 Å². The number of hydrogen-bond donors (Lipinski definition) is 2. The Bertz CT molecular complexity index is 1070. The molecule has 1 aromatic heterocycles. The molecule has 1 aliphatic rings. The van der Waals surface area contributed by atoms with Crippen LogP contribution in [0.15, 0.2) is 66.9 Å². The Morgan fingerprint density at radius 2 is 1.90 bits per heavy atom. The summed E-state index contributed by atoms with van der Waals surface area (Å²) in [5.74, 6) is -0.594. The number of para-hydroxylation sites is 1. The fourth-order valence-corrected chi connectivity index (χ4v) is 3.44. The third-order valence-corrected chi connectivity index (χ3v) is 4.94. The largest absolute Gasteiger partial charge is 0.324 e. The van der Waals surface area contributed by atoms with Gasteiger partial charge >= 0.3 is 6.03 Å². The zero-order valence-corrected chi connectivity index (χ0v) is 15.7. The first-order valence-corrected chi connectivity index (χ1v) is 9.27. The van der Waals surface area contributed by atoms with Crippen molar-refractivity contribution < 1.29 is 14.8 Å². The highest BCUT2D eigenvalue weighted by molar-refractivity contribution is 5.95. The van der Waals surface area contributed by atoms with Crippen LogP contribution in [0, 0.1) is 0 Å². The predicted molar refractivity (Wildman–Crippen MR) is 110 cm³/mol. The zero-order chi connectivity index (χ0) is 20.2. The Morgan fingerprint density at radius 3 is 2.69 bits per heavy atom. The van der Waals surface area contributed by atoms with Gasteiger partial charge in [0.25, 0.3) is 5.91 Å². The van der Waals surface area contributed by atoms with Crippen LogP contribution in [0.5, 0.6) is 0 Å². The van der Waals surface area contributed by atoms with Gasteiger partial charge in [0.05, 0.1) is 5.52 Å². The second kappa shape index (κ2) is 8.12. The van der Waals surface area contributed by atoms with E-state index < -0.39 is 5.91 Å². The first kappa shape index (κ1) is 18.6. The maximum atomic E-state index is 12.9. The van der Waals surface area contributed by atoms with Crippen LogP contribution in [0.1, 0.15) is 11.1 Å². The number of carbonyl (C=O) groups excluding carboxylic acids is 2. The second-order valence-electron chi connectivity index (χ2n) is 6.74. The van der Waals surface area contributed by atoms with Gasteiger partial charge in [0.15, 0.2) is 0 Å². The molecule has 0 atom stereocenters. The van der Waals surface area contributed by atoms with E-state index in [0.29, 0.717) is 19.6 Å². The highest BCUT2D eigenvalue weighted by Gasteiger charge is 2.29. The van der Waals surface area contributed by atoms with Gasteiger partial charge < -0.3 is 4.90 Å². The summed E-state index contributed by atoms with van der Waals surface area (Å²) < 4.78 is 0. The van der Waals surface area contributed by atoms with Gasteiger partial charge in [-0.3, -0.25) is 19.9 Å². The number of nitrogens with zero attached hydrogens (tertiary/aromatic N) is 3. The third-order valence-electron chi connectivity index (χ3n) is 4.94. The lowest BCUT2D eigenvalue weighted by Crippen LogP contribution is -2.31. The van der Waals surface area contributed by atoms with Crippen LogP contribution in [0.2, 0.25) is 0 Å². The molecule has 0 bridgehead atoms. The quantitative estimate of drug-likeness (QED) is 0.399. The SMILES string of the molecule is O=C(/C=C/c1ccc(N2CCN(Cc3ccnc4ccccc34)C2=O)cc1)NO. The lowest BCUT2D eigenvalue weighted by molar-refractivity contribution is -0.124. The van der Waals surface area contributed by atoms with Crippen LogP contribution in [-0.2, 0) is 11.3 Å². The van der Waals surface area contributed by atoms with Crippen molar-refractivity contribution >= 4 is 34.6 Å². The molecule has 1 aliphatic heterocycles. The molecule has 2 aromatic carbocycles. The highest BCUT2D eigenvalue weighted by atomic mass is 16.5. The average molecular weight is 388 g/mol. The predicted octanol–water partition coefficient (Wildman–Crippen LogP) is 3.20. The van der Waals surface area contributed by atoms with Crippen molar-refractivity contribution in [3.63, 3.8) is 0 Å². The van der Waals surface area contributed by atoms with Gasteiger partial charge in [-0.15, -0.1) is 0 Å². The number of aromatic nitrogens is 1.